The maximum absolute atomic E-state index is 6.45. The van der Waals surface area contributed by atoms with Crippen molar-refractivity contribution < 1.29 is 14.0 Å². The largest absolute Gasteiger partial charge is 0.489 e. The first-order chi connectivity index (χ1) is 15.9. The molecule has 5 N–H and O–H groups in total. The molecule has 1 fully saturated rings. The van der Waals surface area contributed by atoms with Gasteiger partial charge in [-0.05, 0) is 63.2 Å². The molecular weight excluding hydrogens is 422 g/mol. The van der Waals surface area contributed by atoms with Gasteiger partial charge in [-0.15, -0.1) is 0 Å². The fourth-order valence-electron chi connectivity index (χ4n) is 3.74. The van der Waals surface area contributed by atoms with Crippen LogP contribution in [-0.2, 0) is 4.74 Å². The number of nitrogens with one attached hydrogen (secondary N) is 1. The third kappa shape index (κ3) is 6.82. The summed E-state index contributed by atoms with van der Waals surface area (Å²) in [6.45, 7) is 6.78. The molecule has 10 nitrogen and oxygen atoms in total. The quantitative estimate of drug-likeness (QED) is 0.338. The Labute approximate surface area is 195 Å². The second-order valence-corrected chi connectivity index (χ2v) is 8.45. The second-order valence-electron chi connectivity index (χ2n) is 8.45. The van der Waals surface area contributed by atoms with Crippen LogP contribution in [0, 0.1) is 6.92 Å². The standard InChI is InChI=1S/C23H37N7O3/c1-5-13-31-16(3)22-28-23(29-33-22)26-14-19(30(4)25)21(24)18-11-12-20(15(2)27-18)32-17-9-7-6-8-10-17/h11-12,16-17H,5-10,13-14,24-25H2,1-4H3,(H,26,29)/b21-19-. The molecule has 1 aliphatic carbocycles. The van der Waals surface area contributed by atoms with Crippen LogP contribution in [0.3, 0.4) is 0 Å². The molecule has 10 heteroatoms. The molecule has 2 aromatic heterocycles. The Morgan fingerprint density at radius 3 is 2.70 bits per heavy atom. The Bertz CT molecular complexity index is 923. The molecule has 1 atom stereocenters. The number of ether oxygens (including phenoxy) is 2. The third-order valence-corrected chi connectivity index (χ3v) is 5.67. The van der Waals surface area contributed by atoms with Gasteiger partial charge >= 0.3 is 0 Å². The molecular formula is C23H37N7O3. The van der Waals surface area contributed by atoms with E-state index in [0.29, 0.717) is 42.1 Å². The second kappa shape index (κ2) is 11.9. The molecule has 33 heavy (non-hydrogen) atoms. The normalized spacial score (nSPS) is 16.3. The van der Waals surface area contributed by atoms with E-state index >= 15 is 0 Å². The molecule has 3 rings (SSSR count). The van der Waals surface area contributed by atoms with Gasteiger partial charge in [0.2, 0.25) is 0 Å². The van der Waals surface area contributed by atoms with E-state index in [1.54, 1.807) is 7.05 Å². The van der Waals surface area contributed by atoms with Crippen LogP contribution in [0.25, 0.3) is 5.70 Å². The summed E-state index contributed by atoms with van der Waals surface area (Å²) in [5, 5.41) is 8.52. The Kier molecular flexibility index (Phi) is 8.90. The topological polar surface area (TPSA) is 138 Å². The molecule has 2 aromatic rings. The van der Waals surface area contributed by atoms with Gasteiger partial charge in [0.15, 0.2) is 0 Å². The fraction of sp³-hybridized carbons (Fsp3) is 0.609. The van der Waals surface area contributed by atoms with Crippen molar-refractivity contribution in [2.24, 2.45) is 11.6 Å². The molecule has 1 saturated carbocycles. The van der Waals surface area contributed by atoms with Gasteiger partial charge in [0.05, 0.1) is 35.4 Å². The number of aryl methyl sites for hydroxylation is 1. The smallest absolute Gasteiger partial charge is 0.263 e. The van der Waals surface area contributed by atoms with Gasteiger partial charge in [0.1, 0.15) is 11.9 Å². The van der Waals surface area contributed by atoms with E-state index in [4.69, 9.17) is 25.6 Å². The van der Waals surface area contributed by atoms with Crippen molar-refractivity contribution in [3.63, 3.8) is 0 Å². The zero-order valence-electron chi connectivity index (χ0n) is 20.1. The molecule has 0 bridgehead atoms. The summed E-state index contributed by atoms with van der Waals surface area (Å²) in [7, 11) is 1.72. The van der Waals surface area contributed by atoms with Gasteiger partial charge < -0.3 is 30.1 Å². The number of rotatable bonds is 11. The van der Waals surface area contributed by atoms with Crippen LogP contribution in [0.5, 0.6) is 5.75 Å². The number of pyridine rings is 1. The minimum Gasteiger partial charge on any atom is -0.489 e. The number of anilines is 1. The summed E-state index contributed by atoms with van der Waals surface area (Å²) in [5.41, 5.74) is 8.99. The van der Waals surface area contributed by atoms with Crippen molar-refractivity contribution in [2.45, 2.75) is 71.5 Å². The lowest BCUT2D eigenvalue weighted by Gasteiger charge is -2.24. The minimum atomic E-state index is -0.271. The monoisotopic (exact) mass is 459 g/mol. The van der Waals surface area contributed by atoms with Crippen molar-refractivity contribution in [2.75, 3.05) is 25.5 Å². The van der Waals surface area contributed by atoms with Crippen molar-refractivity contribution in [3.05, 3.63) is 35.1 Å². The first kappa shape index (κ1) is 24.8. The Morgan fingerprint density at radius 1 is 1.27 bits per heavy atom. The maximum atomic E-state index is 6.45. The molecule has 0 aromatic carbocycles. The fourth-order valence-corrected chi connectivity index (χ4v) is 3.74. The lowest BCUT2D eigenvalue weighted by Crippen LogP contribution is -2.32. The lowest BCUT2D eigenvalue weighted by molar-refractivity contribution is 0.0433. The number of aromatic nitrogens is 3. The number of likely N-dealkylation sites (N-methyl/N-ethyl adjacent to an activating group) is 1. The van der Waals surface area contributed by atoms with Crippen molar-refractivity contribution in [3.8, 4) is 5.75 Å². The van der Waals surface area contributed by atoms with Gasteiger partial charge in [-0.25, -0.2) is 10.8 Å². The van der Waals surface area contributed by atoms with Crippen LogP contribution in [0.4, 0.5) is 5.95 Å². The average Bonchev–Trinajstić information content (AvgIpc) is 3.28. The van der Waals surface area contributed by atoms with Gasteiger partial charge in [0, 0.05) is 13.7 Å². The predicted molar refractivity (Wildman–Crippen MR) is 127 cm³/mol. The Morgan fingerprint density at radius 2 is 2.03 bits per heavy atom. The van der Waals surface area contributed by atoms with Crippen molar-refractivity contribution in [1.29, 1.82) is 0 Å². The van der Waals surface area contributed by atoms with E-state index in [1.165, 1.54) is 24.3 Å². The van der Waals surface area contributed by atoms with Crippen molar-refractivity contribution >= 4 is 11.6 Å². The van der Waals surface area contributed by atoms with Crippen LogP contribution in [0.15, 0.2) is 22.4 Å². The molecule has 0 amide bonds. The predicted octanol–water partition coefficient (Wildman–Crippen LogP) is 3.52. The van der Waals surface area contributed by atoms with E-state index in [0.717, 1.165) is 30.7 Å². The summed E-state index contributed by atoms with van der Waals surface area (Å²) in [6.07, 6.45) is 6.83. The number of hydrazine groups is 1. The summed E-state index contributed by atoms with van der Waals surface area (Å²) in [5.74, 6) is 7.61. The van der Waals surface area contributed by atoms with Crippen LogP contribution in [-0.4, -0.2) is 46.4 Å². The van der Waals surface area contributed by atoms with E-state index in [1.807, 2.05) is 32.9 Å². The van der Waals surface area contributed by atoms with Crippen molar-refractivity contribution in [1.82, 2.24) is 20.1 Å². The summed E-state index contributed by atoms with van der Waals surface area (Å²) in [4.78, 5) is 9.01. The average molecular weight is 460 g/mol. The molecule has 1 unspecified atom stereocenters. The molecule has 0 radical (unpaired) electrons. The third-order valence-electron chi connectivity index (χ3n) is 5.67. The SMILES string of the molecule is CCCOC(C)c1nc(NC/C(=C(/N)c2ccc(OC3CCCCC3)c(C)n2)N(C)N)no1. The number of nitrogens with zero attached hydrogens (tertiary/aromatic N) is 4. The van der Waals surface area contributed by atoms with E-state index in [2.05, 4.69) is 20.4 Å². The first-order valence-electron chi connectivity index (χ1n) is 11.7. The van der Waals surface area contributed by atoms with Gasteiger partial charge in [0.25, 0.3) is 11.8 Å². The minimum absolute atomic E-state index is 0.267. The zero-order chi connectivity index (χ0) is 23.8. The molecule has 0 spiro atoms. The summed E-state index contributed by atoms with van der Waals surface area (Å²) < 4.78 is 17.1. The number of hydrogen-bond donors (Lipinski definition) is 3. The number of hydrogen-bond acceptors (Lipinski definition) is 10. The zero-order valence-corrected chi connectivity index (χ0v) is 20.1. The Hall–Kier alpha value is -2.85. The Balaban J connectivity index is 1.68. The van der Waals surface area contributed by atoms with E-state index in [-0.39, 0.29) is 12.2 Å². The highest BCUT2D eigenvalue weighted by Crippen LogP contribution is 2.26. The highest BCUT2D eigenvalue weighted by atomic mass is 16.5. The van der Waals surface area contributed by atoms with E-state index < -0.39 is 0 Å². The van der Waals surface area contributed by atoms with Gasteiger partial charge in [-0.2, -0.15) is 4.98 Å². The van der Waals surface area contributed by atoms with Gasteiger partial charge in [-0.1, -0.05) is 13.3 Å². The first-order valence-corrected chi connectivity index (χ1v) is 11.7. The summed E-state index contributed by atoms with van der Waals surface area (Å²) in [6, 6.07) is 3.80. The highest BCUT2D eigenvalue weighted by molar-refractivity contribution is 5.64. The molecule has 0 saturated heterocycles. The highest BCUT2D eigenvalue weighted by Gasteiger charge is 2.18. The maximum Gasteiger partial charge on any atom is 0.263 e. The molecule has 1 aliphatic rings. The van der Waals surface area contributed by atoms with Crippen LogP contribution < -0.4 is 21.6 Å². The van der Waals surface area contributed by atoms with Crippen LogP contribution in [0.2, 0.25) is 0 Å². The van der Waals surface area contributed by atoms with E-state index in [9.17, 15) is 0 Å². The molecule has 0 aliphatic heterocycles. The number of nitrogens with two attached hydrogens (primary N) is 2. The van der Waals surface area contributed by atoms with Crippen LogP contribution in [0.1, 0.15) is 75.8 Å². The summed E-state index contributed by atoms with van der Waals surface area (Å²) >= 11 is 0. The van der Waals surface area contributed by atoms with Crippen LogP contribution >= 0.6 is 0 Å². The molecule has 2 heterocycles. The van der Waals surface area contributed by atoms with Gasteiger partial charge in [-0.3, -0.25) is 0 Å². The lowest BCUT2D eigenvalue weighted by atomic mass is 9.98. The molecule has 182 valence electrons.